The molecule has 0 radical (unpaired) electrons. The molecule has 1 unspecified atom stereocenters. The molecule has 0 rings (SSSR count). The molecule has 2 nitrogen and oxygen atoms in total. The van der Waals surface area contributed by atoms with Crippen LogP contribution in [-0.2, 0) is 4.79 Å². The Kier molecular flexibility index (Phi) is 3.41. The van der Waals surface area contributed by atoms with Gasteiger partial charge in [0.2, 0.25) is 0 Å². The van der Waals surface area contributed by atoms with Gasteiger partial charge in [-0.05, 0) is 0 Å². The van der Waals surface area contributed by atoms with E-state index >= 15 is 0 Å². The van der Waals surface area contributed by atoms with E-state index in [2.05, 4.69) is 4.97 Å². The average molecular weight is 215 g/mol. The van der Waals surface area contributed by atoms with Crippen molar-refractivity contribution in [3.8, 4) is 0 Å². The summed E-state index contributed by atoms with van der Waals surface area (Å²) >= 11 is -0.118. The molecule has 0 aromatic rings. The molecule has 0 aliphatic carbocycles. The molecule has 2 N–H and O–H groups in total. The van der Waals surface area contributed by atoms with Crippen molar-refractivity contribution in [1.82, 2.24) is 0 Å². The van der Waals surface area contributed by atoms with Crippen LogP contribution in [0.2, 0.25) is 8.94 Å². The van der Waals surface area contributed by atoms with Gasteiger partial charge in [-0.3, -0.25) is 0 Å². The van der Waals surface area contributed by atoms with E-state index in [1.807, 2.05) is 6.92 Å². The molecule has 0 aromatic carbocycles. The van der Waals surface area contributed by atoms with Crippen LogP contribution >= 0.6 is 0 Å². The fourth-order valence-corrected chi connectivity index (χ4v) is 0.779. The summed E-state index contributed by atoms with van der Waals surface area (Å²) in [6.45, 7) is 1.88. The van der Waals surface area contributed by atoms with Crippen molar-refractivity contribution >= 4 is 26.8 Å². The van der Waals surface area contributed by atoms with Gasteiger partial charge in [0.05, 0.1) is 0 Å². The van der Waals surface area contributed by atoms with Crippen LogP contribution in [0.5, 0.6) is 0 Å². The van der Waals surface area contributed by atoms with Crippen LogP contribution in [0.25, 0.3) is 0 Å². The summed E-state index contributed by atoms with van der Waals surface area (Å²) in [5.41, 5.74) is 4.94. The van der Waals surface area contributed by atoms with E-state index in [-0.39, 0.29) is 30.8 Å². The van der Waals surface area contributed by atoms with Crippen LogP contribution in [0.15, 0.2) is 0 Å². The van der Waals surface area contributed by atoms with Gasteiger partial charge in [0, 0.05) is 0 Å². The Labute approximate surface area is 53.5 Å². The number of nitrogens with two attached hydrogens (primary N) is 1. The maximum atomic E-state index is 10.2. The van der Waals surface area contributed by atoms with Crippen LogP contribution in [0.4, 0.5) is 0 Å². The molecule has 7 heavy (non-hydrogen) atoms. The van der Waals surface area contributed by atoms with Crippen LogP contribution in [0, 0.1) is 0 Å². The number of hydrogen-bond donors (Lipinski definition) is 1. The number of amides is 1. The number of carbonyl (C=O) groups is 1. The summed E-state index contributed by atoms with van der Waals surface area (Å²) < 4.78 is 0.172. The minimum absolute atomic E-state index is 0.118. The predicted molar refractivity (Wildman–Crippen MR) is 30.2 cm³/mol. The third-order valence-electron chi connectivity index (χ3n) is 0.754. The van der Waals surface area contributed by atoms with Gasteiger partial charge in [-0.2, -0.15) is 0 Å². The topological polar surface area (TPSA) is 43.1 Å². The third-order valence-corrected chi connectivity index (χ3v) is 3.44. The van der Waals surface area contributed by atoms with Crippen LogP contribution in [0.3, 0.4) is 0 Å². The van der Waals surface area contributed by atoms with Crippen molar-refractivity contribution in [2.45, 2.75) is 15.9 Å². The number of primary amides is 1. The number of hydrogen-bond acceptors (Lipinski definition) is 1. The van der Waals surface area contributed by atoms with Crippen LogP contribution in [0.1, 0.15) is 6.92 Å². The van der Waals surface area contributed by atoms with Gasteiger partial charge >= 0.3 is 53.2 Å². The Morgan fingerprint density at radius 2 is 2.29 bits per heavy atom. The Hall–Kier alpha value is 0.260. The second-order valence-electron chi connectivity index (χ2n) is 1.28. The summed E-state index contributed by atoms with van der Waals surface area (Å²) in [6.07, 6.45) is 0. The van der Waals surface area contributed by atoms with Crippen LogP contribution in [-0.4, -0.2) is 26.8 Å². The molecule has 0 fully saturated rings. The normalized spacial score (nSPS) is 13.4. The van der Waals surface area contributed by atoms with E-state index in [9.17, 15) is 4.79 Å². The summed E-state index contributed by atoms with van der Waals surface area (Å²) in [7, 11) is 0. The van der Waals surface area contributed by atoms with E-state index in [1.54, 1.807) is 0 Å². The zero-order chi connectivity index (χ0) is 5.86. The molecule has 42 valence electrons. The SMILES string of the molecule is C[Te]C(C)C(N)=O. The van der Waals surface area contributed by atoms with Crippen molar-refractivity contribution in [2.24, 2.45) is 5.73 Å². The Bertz CT molecular complexity index is 74.1. The first-order valence-electron chi connectivity index (χ1n) is 2.00. The Balaban J connectivity index is 3.34. The van der Waals surface area contributed by atoms with Gasteiger partial charge < -0.3 is 0 Å². The van der Waals surface area contributed by atoms with Gasteiger partial charge in [-0.1, -0.05) is 0 Å². The quantitative estimate of drug-likeness (QED) is 0.648. The maximum absolute atomic E-state index is 10.2. The molecule has 0 spiro atoms. The molecule has 0 aromatic heterocycles. The molecule has 0 aliphatic heterocycles. The van der Waals surface area contributed by atoms with E-state index in [0.29, 0.717) is 0 Å². The summed E-state index contributed by atoms with van der Waals surface area (Å²) in [6, 6.07) is 0. The molecule has 0 bridgehead atoms. The third kappa shape index (κ3) is 2.90. The van der Waals surface area contributed by atoms with Crippen molar-refractivity contribution < 1.29 is 4.79 Å². The standard InChI is InChI=1S/C4H9NOTe/c1-3(7-2)4(5)6/h3H,1-2H3,(H2,5,6). The minimum atomic E-state index is -0.148. The second kappa shape index (κ2) is 3.29. The number of carbonyl (C=O) groups excluding carboxylic acids is 1. The fourth-order valence-electron chi connectivity index (χ4n) is 0.116. The van der Waals surface area contributed by atoms with Crippen molar-refractivity contribution in [3.05, 3.63) is 0 Å². The summed E-state index contributed by atoms with van der Waals surface area (Å²) in [5.74, 6) is -0.148. The van der Waals surface area contributed by atoms with E-state index < -0.39 is 0 Å². The molecule has 1 atom stereocenters. The van der Waals surface area contributed by atoms with Gasteiger partial charge in [0.25, 0.3) is 0 Å². The predicted octanol–water partition coefficient (Wildman–Crippen LogP) is 0.0324. The molecule has 0 aliphatic rings. The molecular formula is C4H9NOTe. The molecule has 3 heteroatoms. The van der Waals surface area contributed by atoms with Gasteiger partial charge in [0.1, 0.15) is 0 Å². The van der Waals surface area contributed by atoms with Crippen molar-refractivity contribution in [1.29, 1.82) is 0 Å². The van der Waals surface area contributed by atoms with Crippen LogP contribution < -0.4 is 5.73 Å². The van der Waals surface area contributed by atoms with Gasteiger partial charge in [-0.15, -0.1) is 0 Å². The monoisotopic (exact) mass is 217 g/mol. The average Bonchev–Trinajstić information content (AvgIpc) is 1.65. The Morgan fingerprint density at radius 1 is 1.86 bits per heavy atom. The van der Waals surface area contributed by atoms with Gasteiger partial charge in [-0.25, -0.2) is 0 Å². The van der Waals surface area contributed by atoms with E-state index in [0.717, 1.165) is 0 Å². The summed E-state index contributed by atoms with van der Waals surface area (Å²) in [5, 5.41) is 0. The van der Waals surface area contributed by atoms with Crippen molar-refractivity contribution in [2.75, 3.05) is 0 Å². The molecule has 0 heterocycles. The molecular weight excluding hydrogens is 206 g/mol. The van der Waals surface area contributed by atoms with E-state index in [4.69, 9.17) is 5.73 Å². The fraction of sp³-hybridized carbons (Fsp3) is 0.750. The summed E-state index contributed by atoms with van der Waals surface area (Å²) in [4.78, 5) is 12.3. The molecule has 0 saturated carbocycles. The zero-order valence-corrected chi connectivity index (χ0v) is 6.80. The van der Waals surface area contributed by atoms with Crippen molar-refractivity contribution in [3.63, 3.8) is 0 Å². The second-order valence-corrected chi connectivity index (χ2v) is 4.64. The first-order valence-corrected chi connectivity index (χ1v) is 5.68. The zero-order valence-electron chi connectivity index (χ0n) is 4.47. The van der Waals surface area contributed by atoms with Gasteiger partial charge in [0.15, 0.2) is 0 Å². The van der Waals surface area contributed by atoms with E-state index in [1.165, 1.54) is 0 Å². The number of rotatable bonds is 2. The first kappa shape index (κ1) is 7.26. The molecule has 0 saturated heterocycles. The Morgan fingerprint density at radius 3 is 2.29 bits per heavy atom. The molecule has 1 amide bonds. The first-order chi connectivity index (χ1) is 3.18.